The van der Waals surface area contributed by atoms with E-state index in [0.29, 0.717) is 18.2 Å². The number of pyridine rings is 1. The molecule has 4 heteroatoms. The van der Waals surface area contributed by atoms with Gasteiger partial charge in [-0.2, -0.15) is 5.26 Å². The summed E-state index contributed by atoms with van der Waals surface area (Å²) in [4.78, 5) is 4.03. The Bertz CT molecular complexity index is 394. The molecule has 1 aromatic rings. The van der Waals surface area contributed by atoms with Crippen LogP contribution in [0.5, 0.6) is 0 Å². The predicted molar refractivity (Wildman–Crippen MR) is 64.2 cm³/mol. The number of nitrogens with zero attached hydrogens (tertiary/aromatic N) is 2. The Morgan fingerprint density at radius 2 is 2.53 bits per heavy atom. The molecule has 0 spiro atoms. The van der Waals surface area contributed by atoms with Crippen LogP contribution < -0.4 is 5.32 Å². The van der Waals surface area contributed by atoms with Gasteiger partial charge < -0.3 is 10.1 Å². The van der Waals surface area contributed by atoms with E-state index in [1.807, 2.05) is 12.1 Å². The molecule has 0 saturated carbocycles. The molecule has 4 nitrogen and oxygen atoms in total. The molecule has 1 unspecified atom stereocenters. The minimum atomic E-state index is 0.518. The topological polar surface area (TPSA) is 57.9 Å². The Balaban J connectivity index is 1.72. The zero-order valence-corrected chi connectivity index (χ0v) is 9.85. The van der Waals surface area contributed by atoms with Gasteiger partial charge in [-0.15, -0.1) is 0 Å². The van der Waals surface area contributed by atoms with Crippen molar-refractivity contribution in [3.05, 3.63) is 29.6 Å². The number of nitrogens with one attached hydrogen (secondary N) is 1. The van der Waals surface area contributed by atoms with Crippen molar-refractivity contribution >= 4 is 0 Å². The number of hydrogen-bond acceptors (Lipinski definition) is 4. The molecule has 0 bridgehead atoms. The maximum Gasteiger partial charge on any atom is 0.144 e. The standard InChI is InChI=1S/C13H17N3O/c14-8-13-12(2-1-5-16-13)9-15-6-3-11-4-7-17-10-11/h1-2,5,11,15H,3-4,6-7,9-10H2. The molecular formula is C13H17N3O. The van der Waals surface area contributed by atoms with Gasteiger partial charge >= 0.3 is 0 Å². The first-order valence-corrected chi connectivity index (χ1v) is 6.02. The van der Waals surface area contributed by atoms with Crippen molar-refractivity contribution in [3.8, 4) is 6.07 Å². The normalized spacial score (nSPS) is 19.1. The fraction of sp³-hybridized carbons (Fsp3) is 0.538. The summed E-state index contributed by atoms with van der Waals surface area (Å²) in [5.74, 6) is 0.701. The maximum atomic E-state index is 8.89. The van der Waals surface area contributed by atoms with E-state index in [-0.39, 0.29) is 0 Å². The summed E-state index contributed by atoms with van der Waals surface area (Å²) in [5, 5.41) is 12.2. The number of hydrogen-bond donors (Lipinski definition) is 1. The van der Waals surface area contributed by atoms with Crippen molar-refractivity contribution in [2.75, 3.05) is 19.8 Å². The highest BCUT2D eigenvalue weighted by Crippen LogP contribution is 2.15. The predicted octanol–water partition coefficient (Wildman–Crippen LogP) is 1.47. The summed E-state index contributed by atoms with van der Waals surface area (Å²) in [6, 6.07) is 5.91. The Kier molecular flexibility index (Phi) is 4.48. The van der Waals surface area contributed by atoms with E-state index >= 15 is 0 Å². The summed E-state index contributed by atoms with van der Waals surface area (Å²) in [6.45, 7) is 3.49. The SMILES string of the molecule is N#Cc1ncccc1CNCCC1CCOC1. The molecule has 2 heterocycles. The molecule has 2 rings (SSSR count). The highest BCUT2D eigenvalue weighted by atomic mass is 16.5. The molecule has 1 aliphatic heterocycles. The largest absolute Gasteiger partial charge is 0.381 e. The van der Waals surface area contributed by atoms with Crippen LogP contribution in [0.15, 0.2) is 18.3 Å². The van der Waals surface area contributed by atoms with Crippen LogP contribution in [0.3, 0.4) is 0 Å². The van der Waals surface area contributed by atoms with Gasteiger partial charge in [0.25, 0.3) is 0 Å². The van der Waals surface area contributed by atoms with Crippen LogP contribution in [0, 0.1) is 17.2 Å². The van der Waals surface area contributed by atoms with Crippen molar-refractivity contribution in [1.82, 2.24) is 10.3 Å². The third-order valence-corrected chi connectivity index (χ3v) is 3.07. The average molecular weight is 231 g/mol. The van der Waals surface area contributed by atoms with Gasteiger partial charge in [0, 0.05) is 31.5 Å². The molecular weight excluding hydrogens is 214 g/mol. The van der Waals surface area contributed by atoms with Crippen molar-refractivity contribution < 1.29 is 4.74 Å². The first-order valence-electron chi connectivity index (χ1n) is 6.02. The zero-order chi connectivity index (χ0) is 11.9. The van der Waals surface area contributed by atoms with E-state index in [4.69, 9.17) is 10.00 Å². The highest BCUT2D eigenvalue weighted by Gasteiger charge is 2.14. The van der Waals surface area contributed by atoms with E-state index in [1.165, 1.54) is 6.42 Å². The quantitative estimate of drug-likeness (QED) is 0.780. The van der Waals surface area contributed by atoms with Crippen molar-refractivity contribution in [1.29, 1.82) is 5.26 Å². The molecule has 0 aliphatic carbocycles. The second kappa shape index (κ2) is 6.33. The Hall–Kier alpha value is -1.44. The number of rotatable bonds is 5. The monoisotopic (exact) mass is 231 g/mol. The van der Waals surface area contributed by atoms with Crippen LogP contribution >= 0.6 is 0 Å². The number of aromatic nitrogens is 1. The highest BCUT2D eigenvalue weighted by molar-refractivity contribution is 5.30. The molecule has 1 fully saturated rings. The first-order chi connectivity index (χ1) is 8.40. The molecule has 0 aromatic carbocycles. The zero-order valence-electron chi connectivity index (χ0n) is 9.85. The maximum absolute atomic E-state index is 8.89. The van der Waals surface area contributed by atoms with E-state index in [0.717, 1.165) is 31.7 Å². The minimum absolute atomic E-state index is 0.518. The molecule has 0 amide bonds. The number of ether oxygens (including phenoxy) is 1. The molecule has 1 saturated heterocycles. The lowest BCUT2D eigenvalue weighted by Crippen LogP contribution is -2.18. The fourth-order valence-corrected chi connectivity index (χ4v) is 2.02. The van der Waals surface area contributed by atoms with Gasteiger partial charge in [-0.25, -0.2) is 4.98 Å². The molecule has 1 aliphatic rings. The van der Waals surface area contributed by atoms with Crippen LogP contribution in [0.2, 0.25) is 0 Å². The molecule has 1 aromatic heterocycles. The van der Waals surface area contributed by atoms with E-state index in [1.54, 1.807) is 6.20 Å². The average Bonchev–Trinajstić information content (AvgIpc) is 2.88. The Morgan fingerprint density at radius 1 is 1.59 bits per heavy atom. The lowest BCUT2D eigenvalue weighted by molar-refractivity contribution is 0.184. The molecule has 1 atom stereocenters. The summed E-state index contributed by atoms with van der Waals surface area (Å²) in [7, 11) is 0. The second-order valence-electron chi connectivity index (χ2n) is 4.32. The van der Waals surface area contributed by atoms with Gasteiger partial charge in [-0.05, 0) is 31.4 Å². The molecule has 1 N–H and O–H groups in total. The van der Waals surface area contributed by atoms with Crippen LogP contribution in [-0.2, 0) is 11.3 Å². The third-order valence-electron chi connectivity index (χ3n) is 3.07. The van der Waals surface area contributed by atoms with Crippen LogP contribution in [0.25, 0.3) is 0 Å². The fourth-order valence-electron chi connectivity index (χ4n) is 2.02. The van der Waals surface area contributed by atoms with E-state index in [9.17, 15) is 0 Å². The van der Waals surface area contributed by atoms with Crippen molar-refractivity contribution in [2.24, 2.45) is 5.92 Å². The number of nitriles is 1. The van der Waals surface area contributed by atoms with Gasteiger partial charge in [-0.3, -0.25) is 0 Å². The van der Waals surface area contributed by atoms with Gasteiger partial charge in [0.15, 0.2) is 0 Å². The first kappa shape index (κ1) is 12.0. The third kappa shape index (κ3) is 3.52. The van der Waals surface area contributed by atoms with Gasteiger partial charge in [0.1, 0.15) is 11.8 Å². The van der Waals surface area contributed by atoms with Crippen LogP contribution in [0.4, 0.5) is 0 Å². The van der Waals surface area contributed by atoms with Gasteiger partial charge in [0.2, 0.25) is 0 Å². The molecule has 0 radical (unpaired) electrons. The minimum Gasteiger partial charge on any atom is -0.381 e. The summed E-state index contributed by atoms with van der Waals surface area (Å²) in [6.07, 6.45) is 3.97. The van der Waals surface area contributed by atoms with Gasteiger partial charge in [-0.1, -0.05) is 6.07 Å². The Labute approximate surface area is 102 Å². The van der Waals surface area contributed by atoms with Crippen molar-refractivity contribution in [3.63, 3.8) is 0 Å². The van der Waals surface area contributed by atoms with Crippen molar-refractivity contribution in [2.45, 2.75) is 19.4 Å². The summed E-state index contributed by atoms with van der Waals surface area (Å²) < 4.78 is 5.33. The summed E-state index contributed by atoms with van der Waals surface area (Å²) in [5.41, 5.74) is 1.49. The smallest absolute Gasteiger partial charge is 0.144 e. The Morgan fingerprint density at radius 3 is 3.29 bits per heavy atom. The summed E-state index contributed by atoms with van der Waals surface area (Å²) >= 11 is 0. The lowest BCUT2D eigenvalue weighted by Gasteiger charge is -2.09. The van der Waals surface area contributed by atoms with E-state index < -0.39 is 0 Å². The van der Waals surface area contributed by atoms with Gasteiger partial charge in [0.05, 0.1) is 0 Å². The molecule has 17 heavy (non-hydrogen) atoms. The molecule has 90 valence electrons. The van der Waals surface area contributed by atoms with Crippen LogP contribution in [-0.4, -0.2) is 24.7 Å². The lowest BCUT2D eigenvalue weighted by atomic mass is 10.1. The van der Waals surface area contributed by atoms with E-state index in [2.05, 4.69) is 16.4 Å². The second-order valence-corrected chi connectivity index (χ2v) is 4.32. The van der Waals surface area contributed by atoms with Crippen LogP contribution in [0.1, 0.15) is 24.1 Å².